The molecule has 1 atom stereocenters. The molecule has 2 aromatic carbocycles. The van der Waals surface area contributed by atoms with Crippen LogP contribution in [0.2, 0.25) is 0 Å². The van der Waals surface area contributed by atoms with Gasteiger partial charge in [0.25, 0.3) is 10.0 Å². The van der Waals surface area contributed by atoms with E-state index in [-0.39, 0.29) is 4.90 Å². The van der Waals surface area contributed by atoms with Crippen LogP contribution in [0.3, 0.4) is 0 Å². The zero-order valence-corrected chi connectivity index (χ0v) is 18.5. The molecular formula is C24H24N2O5S. The maximum absolute atomic E-state index is 13.4. The van der Waals surface area contributed by atoms with Gasteiger partial charge in [0.05, 0.1) is 30.0 Å². The number of sulfonamides is 1. The van der Waals surface area contributed by atoms with Gasteiger partial charge in [-0.05, 0) is 61.1 Å². The van der Waals surface area contributed by atoms with Crippen molar-refractivity contribution in [3.8, 4) is 11.5 Å². The van der Waals surface area contributed by atoms with Crippen molar-refractivity contribution in [1.82, 2.24) is 9.71 Å². The number of hydrogen-bond acceptors (Lipinski definition) is 6. The number of pyridine rings is 1. The van der Waals surface area contributed by atoms with Crippen molar-refractivity contribution in [3.63, 3.8) is 0 Å². The Morgan fingerprint density at radius 3 is 2.72 bits per heavy atom. The monoisotopic (exact) mass is 452 g/mol. The van der Waals surface area contributed by atoms with E-state index in [1.54, 1.807) is 37.6 Å². The first-order valence-corrected chi connectivity index (χ1v) is 12.2. The molecule has 1 aliphatic heterocycles. The lowest BCUT2D eigenvalue weighted by Crippen LogP contribution is -2.37. The van der Waals surface area contributed by atoms with Crippen molar-refractivity contribution in [2.45, 2.75) is 42.4 Å². The van der Waals surface area contributed by atoms with E-state index >= 15 is 0 Å². The van der Waals surface area contributed by atoms with Crippen LogP contribution in [0.5, 0.6) is 11.5 Å². The minimum atomic E-state index is -4.09. The summed E-state index contributed by atoms with van der Waals surface area (Å²) in [7, 11) is -2.53. The molecule has 7 nitrogen and oxygen atoms in total. The fourth-order valence-corrected chi connectivity index (χ4v) is 5.83. The molecular weight excluding hydrogens is 428 g/mol. The van der Waals surface area contributed by atoms with Crippen LogP contribution in [0, 0.1) is 0 Å². The van der Waals surface area contributed by atoms with Crippen molar-refractivity contribution in [1.29, 1.82) is 0 Å². The summed E-state index contributed by atoms with van der Waals surface area (Å²) in [6.45, 7) is 0.313. The third-order valence-corrected chi connectivity index (χ3v) is 7.81. The lowest BCUT2D eigenvalue weighted by molar-refractivity contribution is -0.121. The highest BCUT2D eigenvalue weighted by atomic mass is 32.2. The highest BCUT2D eigenvalue weighted by Gasteiger charge is 2.37. The van der Waals surface area contributed by atoms with Gasteiger partial charge in [0.2, 0.25) is 5.91 Å². The van der Waals surface area contributed by atoms with Crippen molar-refractivity contribution >= 4 is 26.8 Å². The Labute approximate surface area is 186 Å². The van der Waals surface area contributed by atoms with Crippen molar-refractivity contribution in [2.24, 2.45) is 0 Å². The van der Waals surface area contributed by atoms with Gasteiger partial charge < -0.3 is 9.47 Å². The smallest absolute Gasteiger partial charge is 0.264 e. The Morgan fingerprint density at radius 1 is 1.12 bits per heavy atom. The normalized spacial score (nSPS) is 18.3. The number of aromatic nitrogens is 1. The molecule has 0 saturated heterocycles. The molecule has 1 fully saturated rings. The maximum atomic E-state index is 13.4. The van der Waals surface area contributed by atoms with Gasteiger partial charge in [-0.1, -0.05) is 18.6 Å². The lowest BCUT2D eigenvalue weighted by atomic mass is 9.74. The first kappa shape index (κ1) is 20.8. The van der Waals surface area contributed by atoms with Crippen LogP contribution >= 0.6 is 0 Å². The van der Waals surface area contributed by atoms with Crippen molar-refractivity contribution < 1.29 is 22.7 Å². The molecule has 1 aromatic heterocycles. The Kier molecular flexibility index (Phi) is 5.25. The number of hydrogen-bond donors (Lipinski definition) is 1. The SMILES string of the molecule is COc1ccc(C2CCC2)c2c1OCC[C@H]2C(=O)NS(=O)(=O)c1cccc2ncccc12. The number of nitrogens with one attached hydrogen (secondary N) is 1. The van der Waals surface area contributed by atoms with Gasteiger partial charge in [-0.2, -0.15) is 0 Å². The van der Waals surface area contributed by atoms with Crippen LogP contribution in [0.15, 0.2) is 53.6 Å². The van der Waals surface area contributed by atoms with Crippen LogP contribution in [0.4, 0.5) is 0 Å². The summed E-state index contributed by atoms with van der Waals surface area (Å²) in [6, 6.07) is 12.1. The quantitative estimate of drug-likeness (QED) is 0.631. The number of benzene rings is 2. The summed E-state index contributed by atoms with van der Waals surface area (Å²) in [6.07, 6.45) is 5.25. The summed E-state index contributed by atoms with van der Waals surface area (Å²) in [5.41, 5.74) is 2.36. The van der Waals surface area contributed by atoms with Crippen molar-refractivity contribution in [2.75, 3.05) is 13.7 Å². The molecule has 0 radical (unpaired) electrons. The van der Waals surface area contributed by atoms with Gasteiger partial charge in [0.1, 0.15) is 0 Å². The Bertz CT molecular complexity index is 1300. The van der Waals surface area contributed by atoms with Crippen LogP contribution in [0.25, 0.3) is 10.9 Å². The zero-order chi connectivity index (χ0) is 22.3. The molecule has 1 aliphatic carbocycles. The predicted octanol–water partition coefficient (Wildman–Crippen LogP) is 3.88. The molecule has 0 bridgehead atoms. The third kappa shape index (κ3) is 3.48. The number of amides is 1. The van der Waals surface area contributed by atoms with Gasteiger partial charge >= 0.3 is 0 Å². The molecule has 0 unspecified atom stereocenters. The van der Waals surface area contributed by atoms with E-state index in [0.717, 1.165) is 30.4 Å². The van der Waals surface area contributed by atoms with Crippen LogP contribution in [-0.4, -0.2) is 33.0 Å². The summed E-state index contributed by atoms with van der Waals surface area (Å²) in [5.74, 6) is 0.280. The summed E-state index contributed by atoms with van der Waals surface area (Å²) in [5, 5.41) is 0.472. The molecule has 2 heterocycles. The van der Waals surface area contributed by atoms with Crippen LogP contribution < -0.4 is 14.2 Å². The van der Waals surface area contributed by atoms with Crippen LogP contribution in [0.1, 0.15) is 48.6 Å². The number of methoxy groups -OCH3 is 1. The minimum absolute atomic E-state index is 0.0357. The number of carbonyl (C=O) groups is 1. The standard InChI is InChI=1S/C24H24N2O5S/c1-30-20-11-10-16(15-5-2-6-15)22-18(12-14-31-23(20)22)24(27)26-32(28,29)21-9-3-8-19-17(21)7-4-13-25-19/h3-4,7-11,13,15,18H,2,5-6,12,14H2,1H3,(H,26,27)/t18-/m1/s1. The topological polar surface area (TPSA) is 94.6 Å². The van der Waals surface area contributed by atoms with Gasteiger partial charge in [-0.15, -0.1) is 0 Å². The molecule has 8 heteroatoms. The van der Waals surface area contributed by atoms with Gasteiger partial charge in [0, 0.05) is 17.1 Å². The highest BCUT2D eigenvalue weighted by molar-refractivity contribution is 7.90. The maximum Gasteiger partial charge on any atom is 0.264 e. The van der Waals surface area contributed by atoms with E-state index in [9.17, 15) is 13.2 Å². The number of carbonyl (C=O) groups excluding carboxylic acids is 1. The third-order valence-electron chi connectivity index (χ3n) is 6.41. The molecule has 1 amide bonds. The molecule has 2 aliphatic rings. The van der Waals surface area contributed by atoms with E-state index in [1.807, 2.05) is 12.1 Å². The Morgan fingerprint density at radius 2 is 1.97 bits per heavy atom. The molecule has 166 valence electrons. The van der Waals surface area contributed by atoms with E-state index in [1.165, 1.54) is 6.07 Å². The second-order valence-electron chi connectivity index (χ2n) is 8.21. The number of rotatable bonds is 5. The average Bonchev–Trinajstić information content (AvgIpc) is 2.77. The Balaban J connectivity index is 1.52. The molecule has 1 saturated carbocycles. The van der Waals surface area contributed by atoms with E-state index in [4.69, 9.17) is 9.47 Å². The fraction of sp³-hybridized carbons (Fsp3) is 0.333. The fourth-order valence-electron chi connectivity index (χ4n) is 4.59. The second kappa shape index (κ2) is 8.09. The zero-order valence-electron chi connectivity index (χ0n) is 17.7. The minimum Gasteiger partial charge on any atom is -0.493 e. The average molecular weight is 453 g/mol. The number of nitrogens with zero attached hydrogens (tertiary/aromatic N) is 1. The van der Waals surface area contributed by atoms with Gasteiger partial charge in [-0.25, -0.2) is 13.1 Å². The van der Waals surface area contributed by atoms with Gasteiger partial charge in [-0.3, -0.25) is 9.78 Å². The van der Waals surface area contributed by atoms with E-state index in [2.05, 4.69) is 9.71 Å². The largest absolute Gasteiger partial charge is 0.493 e. The number of ether oxygens (including phenoxy) is 2. The first-order valence-electron chi connectivity index (χ1n) is 10.7. The number of fused-ring (bicyclic) bond motifs is 2. The highest BCUT2D eigenvalue weighted by Crippen LogP contribution is 2.49. The lowest BCUT2D eigenvalue weighted by Gasteiger charge is -2.34. The van der Waals surface area contributed by atoms with Gasteiger partial charge in [0.15, 0.2) is 11.5 Å². The van der Waals surface area contributed by atoms with E-state index < -0.39 is 21.8 Å². The molecule has 5 rings (SSSR count). The van der Waals surface area contributed by atoms with Crippen LogP contribution in [-0.2, 0) is 14.8 Å². The first-order chi connectivity index (χ1) is 15.5. The second-order valence-corrected chi connectivity index (χ2v) is 9.86. The Hall–Kier alpha value is -3.13. The van der Waals surface area contributed by atoms with Crippen molar-refractivity contribution in [3.05, 3.63) is 59.8 Å². The molecule has 32 heavy (non-hydrogen) atoms. The molecule has 0 spiro atoms. The summed E-state index contributed by atoms with van der Waals surface area (Å²) in [4.78, 5) is 17.6. The van der Waals surface area contributed by atoms with E-state index in [0.29, 0.717) is 41.3 Å². The molecule has 3 aromatic rings. The summed E-state index contributed by atoms with van der Waals surface area (Å²) < 4.78 is 40.1. The summed E-state index contributed by atoms with van der Waals surface area (Å²) >= 11 is 0. The predicted molar refractivity (Wildman–Crippen MR) is 120 cm³/mol. The molecule has 1 N–H and O–H groups in total.